The zero-order valence-electron chi connectivity index (χ0n) is 6.79. The van der Waals surface area contributed by atoms with E-state index in [0.717, 1.165) is 17.3 Å². The average molecular weight is 227 g/mol. The maximum atomic E-state index is 10.6. The molecule has 12 heavy (non-hydrogen) atoms. The predicted octanol–water partition coefficient (Wildman–Crippen LogP) is 2.99. The van der Waals surface area contributed by atoms with E-state index in [4.69, 9.17) is 0 Å². The van der Waals surface area contributed by atoms with Crippen molar-refractivity contribution in [2.45, 2.75) is 12.8 Å². The molecule has 0 amide bonds. The van der Waals surface area contributed by atoms with E-state index in [-0.39, 0.29) is 0 Å². The zero-order chi connectivity index (χ0) is 8.97. The molecule has 0 N–H and O–H groups in total. The van der Waals surface area contributed by atoms with Crippen LogP contribution >= 0.6 is 15.9 Å². The third kappa shape index (κ3) is 2.78. The van der Waals surface area contributed by atoms with Gasteiger partial charge in [0.05, 0.1) is 0 Å². The van der Waals surface area contributed by atoms with Gasteiger partial charge in [0.2, 0.25) is 0 Å². The number of carbonyl (C=O) groups is 1. The lowest BCUT2D eigenvalue weighted by Gasteiger charge is -2.19. The summed E-state index contributed by atoms with van der Waals surface area (Å²) in [6.07, 6.45) is 9.12. The molecule has 1 nitrogen and oxygen atoms in total. The largest absolute Gasteiger partial charge is 0.300 e. The Labute approximate surface area is 81.0 Å². The van der Waals surface area contributed by atoms with E-state index in [2.05, 4.69) is 28.6 Å². The molecule has 1 fully saturated rings. The predicted molar refractivity (Wildman–Crippen MR) is 54.1 cm³/mol. The molecule has 0 spiro atoms. The molecule has 0 bridgehead atoms. The molecule has 1 aliphatic rings. The third-order valence-corrected chi connectivity index (χ3v) is 2.40. The molecule has 0 heterocycles. The maximum Gasteiger partial charge on any atom is 0.134 e. The number of allylic oxidation sites excluding steroid dienone is 5. The summed E-state index contributed by atoms with van der Waals surface area (Å²) in [6, 6.07) is 0. The number of halogens is 1. The van der Waals surface area contributed by atoms with Crippen LogP contribution in [-0.2, 0) is 4.79 Å². The number of hydrogen-bond donors (Lipinski definition) is 0. The van der Waals surface area contributed by atoms with Crippen molar-refractivity contribution in [3.8, 4) is 0 Å². The Bertz CT molecular complexity index is 243. The molecule has 0 saturated heterocycles. The highest BCUT2D eigenvalue weighted by Crippen LogP contribution is 2.23. The molecule has 0 aromatic rings. The standard InChI is InChI=1S/C10H11BrO/c1-2-9(11)5-3-4-8-6-10(12)7-8/h2-5,8H,1,6-7H2/b4-3+,9-5+. The van der Waals surface area contributed by atoms with E-state index >= 15 is 0 Å². The van der Waals surface area contributed by atoms with Crippen LogP contribution in [0.2, 0.25) is 0 Å². The number of ketones is 1. The molecular formula is C10H11BrO. The van der Waals surface area contributed by atoms with Gasteiger partial charge in [0.25, 0.3) is 0 Å². The monoisotopic (exact) mass is 226 g/mol. The Balaban J connectivity index is 2.31. The molecule has 0 aliphatic heterocycles. The summed E-state index contributed by atoms with van der Waals surface area (Å²) in [7, 11) is 0. The van der Waals surface area contributed by atoms with Crippen LogP contribution in [0.4, 0.5) is 0 Å². The lowest BCUT2D eigenvalue weighted by molar-refractivity contribution is -0.125. The van der Waals surface area contributed by atoms with Crippen LogP contribution < -0.4 is 0 Å². The molecule has 1 aliphatic carbocycles. The van der Waals surface area contributed by atoms with Crippen molar-refractivity contribution in [1.29, 1.82) is 0 Å². The SMILES string of the molecule is C=C/C(Br)=C\C=C\C1CC(=O)C1. The first kappa shape index (κ1) is 9.46. The van der Waals surface area contributed by atoms with Crippen molar-refractivity contribution in [2.75, 3.05) is 0 Å². The van der Waals surface area contributed by atoms with Gasteiger partial charge in [-0.15, -0.1) is 0 Å². The minimum atomic E-state index is 0.372. The molecule has 1 saturated carbocycles. The Morgan fingerprint density at radius 1 is 1.58 bits per heavy atom. The Hall–Kier alpha value is -0.630. The highest BCUT2D eigenvalue weighted by atomic mass is 79.9. The normalized spacial score (nSPS) is 19.8. The van der Waals surface area contributed by atoms with E-state index in [9.17, 15) is 4.79 Å². The van der Waals surface area contributed by atoms with Gasteiger partial charge < -0.3 is 0 Å². The van der Waals surface area contributed by atoms with E-state index in [1.165, 1.54) is 0 Å². The first-order valence-corrected chi connectivity index (χ1v) is 4.70. The summed E-state index contributed by atoms with van der Waals surface area (Å²) in [4.78, 5) is 10.6. The van der Waals surface area contributed by atoms with Crippen molar-refractivity contribution >= 4 is 21.7 Å². The molecule has 64 valence electrons. The summed E-state index contributed by atoms with van der Waals surface area (Å²) in [5.41, 5.74) is 0. The van der Waals surface area contributed by atoms with Gasteiger partial charge >= 0.3 is 0 Å². The van der Waals surface area contributed by atoms with Gasteiger partial charge in [-0.05, 0) is 12.0 Å². The lowest BCUT2D eigenvalue weighted by atomic mass is 9.84. The van der Waals surface area contributed by atoms with Gasteiger partial charge in [-0.25, -0.2) is 0 Å². The highest BCUT2D eigenvalue weighted by Gasteiger charge is 2.23. The first-order valence-electron chi connectivity index (χ1n) is 3.90. The second-order valence-corrected chi connectivity index (χ2v) is 3.76. The Morgan fingerprint density at radius 2 is 2.25 bits per heavy atom. The molecule has 0 aromatic carbocycles. The highest BCUT2D eigenvalue weighted by molar-refractivity contribution is 9.11. The van der Waals surface area contributed by atoms with Crippen LogP contribution in [-0.4, -0.2) is 5.78 Å². The van der Waals surface area contributed by atoms with Crippen LogP contribution in [0.5, 0.6) is 0 Å². The van der Waals surface area contributed by atoms with Gasteiger partial charge in [0.1, 0.15) is 5.78 Å². The topological polar surface area (TPSA) is 17.1 Å². The third-order valence-electron chi connectivity index (χ3n) is 1.81. The number of carbonyl (C=O) groups excluding carboxylic acids is 1. The van der Waals surface area contributed by atoms with E-state index in [0.29, 0.717) is 11.7 Å². The summed E-state index contributed by atoms with van der Waals surface area (Å²) in [6.45, 7) is 3.60. The summed E-state index contributed by atoms with van der Waals surface area (Å²) < 4.78 is 0.962. The quantitative estimate of drug-likeness (QED) is 0.677. The molecule has 2 heteroatoms. The molecular weight excluding hydrogens is 216 g/mol. The molecule has 0 atom stereocenters. The second kappa shape index (κ2) is 4.41. The molecule has 1 rings (SSSR count). The number of Topliss-reactive ketones (excluding diaryl/α,β-unsaturated/α-hetero) is 1. The van der Waals surface area contributed by atoms with Crippen LogP contribution in [0.25, 0.3) is 0 Å². The smallest absolute Gasteiger partial charge is 0.134 e. The number of rotatable bonds is 3. The van der Waals surface area contributed by atoms with Gasteiger partial charge in [-0.1, -0.05) is 40.7 Å². The average Bonchev–Trinajstić information content (AvgIpc) is 2.01. The molecule has 0 unspecified atom stereocenters. The summed E-state index contributed by atoms with van der Waals surface area (Å²) in [5.74, 6) is 0.843. The van der Waals surface area contributed by atoms with Crippen LogP contribution in [0.15, 0.2) is 35.4 Å². The minimum Gasteiger partial charge on any atom is -0.300 e. The van der Waals surface area contributed by atoms with E-state index in [1.807, 2.05) is 12.2 Å². The van der Waals surface area contributed by atoms with Gasteiger partial charge in [-0.2, -0.15) is 0 Å². The fourth-order valence-electron chi connectivity index (χ4n) is 1.03. The molecule has 0 aromatic heterocycles. The van der Waals surface area contributed by atoms with Gasteiger partial charge in [0.15, 0.2) is 0 Å². The maximum absolute atomic E-state index is 10.6. The van der Waals surface area contributed by atoms with Crippen molar-refractivity contribution in [2.24, 2.45) is 5.92 Å². The van der Waals surface area contributed by atoms with Crippen LogP contribution in [0.1, 0.15) is 12.8 Å². The second-order valence-electron chi connectivity index (χ2n) is 2.85. The van der Waals surface area contributed by atoms with Crippen molar-refractivity contribution < 1.29 is 4.79 Å². The van der Waals surface area contributed by atoms with Gasteiger partial charge in [0, 0.05) is 17.3 Å². The fourth-order valence-corrected chi connectivity index (χ4v) is 1.19. The zero-order valence-corrected chi connectivity index (χ0v) is 8.38. The number of hydrogen-bond acceptors (Lipinski definition) is 1. The summed E-state index contributed by atoms with van der Waals surface area (Å²) >= 11 is 3.30. The Morgan fingerprint density at radius 3 is 2.75 bits per heavy atom. The lowest BCUT2D eigenvalue weighted by Crippen LogP contribution is -2.20. The first-order chi connectivity index (χ1) is 5.72. The van der Waals surface area contributed by atoms with E-state index < -0.39 is 0 Å². The fraction of sp³-hybridized carbons (Fsp3) is 0.300. The van der Waals surface area contributed by atoms with Crippen molar-refractivity contribution in [3.05, 3.63) is 35.4 Å². The Kier molecular flexibility index (Phi) is 3.48. The van der Waals surface area contributed by atoms with Crippen LogP contribution in [0, 0.1) is 5.92 Å². The van der Waals surface area contributed by atoms with Crippen molar-refractivity contribution in [3.63, 3.8) is 0 Å². The van der Waals surface area contributed by atoms with Crippen LogP contribution in [0.3, 0.4) is 0 Å². The van der Waals surface area contributed by atoms with Crippen molar-refractivity contribution in [1.82, 2.24) is 0 Å². The van der Waals surface area contributed by atoms with Gasteiger partial charge in [-0.3, -0.25) is 4.79 Å². The minimum absolute atomic E-state index is 0.372. The summed E-state index contributed by atoms with van der Waals surface area (Å²) in [5, 5.41) is 0. The van der Waals surface area contributed by atoms with E-state index in [1.54, 1.807) is 6.08 Å². The molecule has 0 radical (unpaired) electrons.